The fourth-order valence-electron chi connectivity index (χ4n) is 4.36. The van der Waals surface area contributed by atoms with Crippen molar-refractivity contribution in [3.05, 3.63) is 23.8 Å². The summed E-state index contributed by atoms with van der Waals surface area (Å²) in [7, 11) is 0. The second kappa shape index (κ2) is 12.0. The molecule has 3 rings (SSSR count). The zero-order valence-electron chi connectivity index (χ0n) is 19.2. The molecule has 31 heavy (non-hydrogen) atoms. The summed E-state index contributed by atoms with van der Waals surface area (Å²) in [5.41, 5.74) is 0.618. The molecule has 0 radical (unpaired) electrons. The Balaban J connectivity index is 1.59. The van der Waals surface area contributed by atoms with Crippen LogP contribution in [0.2, 0.25) is 0 Å². The fraction of sp³-hybridized carbons (Fsp3) is 0.680. The SMILES string of the molecule is CCCOc1ccc(C(=O)N2CCC(C(=O)N3CCCCCC3)CC2)cc1OCCC. The number of nitrogens with zero attached hydrogens (tertiary/aromatic N) is 2. The van der Waals surface area contributed by atoms with Gasteiger partial charge in [0, 0.05) is 37.7 Å². The molecule has 6 nitrogen and oxygen atoms in total. The van der Waals surface area contributed by atoms with Gasteiger partial charge in [-0.25, -0.2) is 0 Å². The fourth-order valence-corrected chi connectivity index (χ4v) is 4.36. The number of ether oxygens (including phenoxy) is 2. The number of piperidine rings is 1. The lowest BCUT2D eigenvalue weighted by atomic mass is 9.94. The van der Waals surface area contributed by atoms with Crippen LogP contribution in [0, 0.1) is 5.92 Å². The number of likely N-dealkylation sites (tertiary alicyclic amines) is 2. The van der Waals surface area contributed by atoms with E-state index in [1.807, 2.05) is 17.0 Å². The molecule has 0 aliphatic carbocycles. The highest BCUT2D eigenvalue weighted by Gasteiger charge is 2.31. The lowest BCUT2D eigenvalue weighted by Crippen LogP contribution is -2.44. The van der Waals surface area contributed by atoms with Gasteiger partial charge in [-0.05, 0) is 56.7 Å². The summed E-state index contributed by atoms with van der Waals surface area (Å²) in [5, 5.41) is 0. The molecule has 0 aromatic heterocycles. The van der Waals surface area contributed by atoms with E-state index in [9.17, 15) is 9.59 Å². The Morgan fingerprint density at radius 1 is 0.839 bits per heavy atom. The summed E-state index contributed by atoms with van der Waals surface area (Å²) < 4.78 is 11.6. The molecule has 0 unspecified atom stereocenters. The minimum absolute atomic E-state index is 0.00376. The maximum atomic E-state index is 13.1. The van der Waals surface area contributed by atoms with Crippen molar-refractivity contribution in [1.82, 2.24) is 9.80 Å². The highest BCUT2D eigenvalue weighted by molar-refractivity contribution is 5.95. The Hall–Kier alpha value is -2.24. The largest absolute Gasteiger partial charge is 0.490 e. The molecule has 1 aromatic rings. The molecule has 2 amide bonds. The van der Waals surface area contributed by atoms with Gasteiger partial charge in [0.1, 0.15) is 0 Å². The predicted octanol–water partition coefficient (Wildman–Crippen LogP) is 4.52. The summed E-state index contributed by atoms with van der Waals surface area (Å²) in [6.45, 7) is 8.36. The van der Waals surface area contributed by atoms with E-state index in [1.54, 1.807) is 6.07 Å². The zero-order valence-corrected chi connectivity index (χ0v) is 19.2. The van der Waals surface area contributed by atoms with Gasteiger partial charge in [0.25, 0.3) is 5.91 Å². The number of hydrogen-bond donors (Lipinski definition) is 0. The normalized spacial score (nSPS) is 17.9. The molecule has 172 valence electrons. The minimum atomic E-state index is 0.00376. The monoisotopic (exact) mass is 430 g/mol. The van der Waals surface area contributed by atoms with Gasteiger partial charge in [0.05, 0.1) is 13.2 Å². The molecule has 2 aliphatic rings. The summed E-state index contributed by atoms with van der Waals surface area (Å²) in [6, 6.07) is 5.46. The van der Waals surface area contributed by atoms with E-state index in [4.69, 9.17) is 9.47 Å². The smallest absolute Gasteiger partial charge is 0.253 e. The van der Waals surface area contributed by atoms with Crippen molar-refractivity contribution in [3.8, 4) is 11.5 Å². The molecule has 2 heterocycles. The molecule has 0 atom stereocenters. The Bertz CT molecular complexity index is 720. The quantitative estimate of drug-likeness (QED) is 0.608. The van der Waals surface area contributed by atoms with Crippen molar-refractivity contribution in [3.63, 3.8) is 0 Å². The summed E-state index contributed by atoms with van der Waals surface area (Å²) in [6.07, 6.45) is 7.98. The molecule has 0 N–H and O–H groups in total. The van der Waals surface area contributed by atoms with Crippen molar-refractivity contribution >= 4 is 11.8 Å². The van der Waals surface area contributed by atoms with Gasteiger partial charge in [-0.2, -0.15) is 0 Å². The number of carbonyl (C=O) groups excluding carboxylic acids is 2. The van der Waals surface area contributed by atoms with Crippen LogP contribution >= 0.6 is 0 Å². The highest BCUT2D eigenvalue weighted by Crippen LogP contribution is 2.30. The Kier molecular flexibility index (Phi) is 9.04. The second-order valence-electron chi connectivity index (χ2n) is 8.66. The maximum absolute atomic E-state index is 13.1. The van der Waals surface area contributed by atoms with E-state index in [2.05, 4.69) is 18.7 Å². The molecule has 0 spiro atoms. The molecular formula is C25H38N2O4. The standard InChI is InChI=1S/C25H38N2O4/c1-3-17-30-22-10-9-21(19-23(22)31-18-4-2)25(29)27-15-11-20(12-16-27)24(28)26-13-7-5-6-8-14-26/h9-10,19-20H,3-8,11-18H2,1-2H3. The molecule has 2 saturated heterocycles. The average Bonchev–Trinajstić information content (AvgIpc) is 3.10. The van der Waals surface area contributed by atoms with Gasteiger partial charge in [0.2, 0.25) is 5.91 Å². The van der Waals surface area contributed by atoms with Crippen molar-refractivity contribution in [2.24, 2.45) is 5.92 Å². The first-order chi connectivity index (χ1) is 15.1. The zero-order chi connectivity index (χ0) is 22.1. The number of carbonyl (C=O) groups is 2. The van der Waals surface area contributed by atoms with Crippen molar-refractivity contribution in [1.29, 1.82) is 0 Å². The van der Waals surface area contributed by atoms with Crippen LogP contribution in [0.25, 0.3) is 0 Å². The number of rotatable bonds is 8. The molecule has 6 heteroatoms. The molecule has 2 aliphatic heterocycles. The van der Waals surface area contributed by atoms with E-state index < -0.39 is 0 Å². The average molecular weight is 431 g/mol. The molecule has 0 bridgehead atoms. The van der Waals surface area contributed by atoms with Gasteiger partial charge in [-0.15, -0.1) is 0 Å². The van der Waals surface area contributed by atoms with Gasteiger partial charge in [0.15, 0.2) is 11.5 Å². The maximum Gasteiger partial charge on any atom is 0.253 e. The summed E-state index contributed by atoms with van der Waals surface area (Å²) in [4.78, 5) is 30.0. The lowest BCUT2D eigenvalue weighted by Gasteiger charge is -2.34. The van der Waals surface area contributed by atoms with Crippen LogP contribution < -0.4 is 9.47 Å². The third kappa shape index (κ3) is 6.37. The summed E-state index contributed by atoms with van der Waals surface area (Å²) >= 11 is 0. The van der Waals surface area contributed by atoms with Crippen LogP contribution in [0.5, 0.6) is 11.5 Å². The Morgan fingerprint density at radius 3 is 2.06 bits per heavy atom. The van der Waals surface area contributed by atoms with Gasteiger partial charge in [-0.1, -0.05) is 26.7 Å². The Labute approximate surface area is 186 Å². The van der Waals surface area contributed by atoms with Crippen LogP contribution in [-0.2, 0) is 4.79 Å². The van der Waals surface area contributed by atoms with Crippen LogP contribution in [0.15, 0.2) is 18.2 Å². The van der Waals surface area contributed by atoms with Gasteiger partial charge >= 0.3 is 0 Å². The van der Waals surface area contributed by atoms with E-state index in [0.29, 0.717) is 49.3 Å². The topological polar surface area (TPSA) is 59.1 Å². The second-order valence-corrected chi connectivity index (χ2v) is 8.66. The van der Waals surface area contributed by atoms with Crippen LogP contribution in [-0.4, -0.2) is 61.0 Å². The lowest BCUT2D eigenvalue weighted by molar-refractivity contribution is -0.136. The molecule has 1 aromatic carbocycles. The van der Waals surface area contributed by atoms with Gasteiger partial charge in [-0.3, -0.25) is 9.59 Å². The van der Waals surface area contributed by atoms with Crippen molar-refractivity contribution < 1.29 is 19.1 Å². The number of benzene rings is 1. The van der Waals surface area contributed by atoms with Crippen molar-refractivity contribution in [2.45, 2.75) is 65.2 Å². The van der Waals surface area contributed by atoms with Crippen LogP contribution in [0.1, 0.15) is 75.6 Å². The van der Waals surface area contributed by atoms with Crippen LogP contribution in [0.4, 0.5) is 0 Å². The number of amides is 2. The third-order valence-corrected chi connectivity index (χ3v) is 6.16. The van der Waals surface area contributed by atoms with E-state index >= 15 is 0 Å². The first kappa shape index (κ1) is 23.4. The number of hydrogen-bond acceptors (Lipinski definition) is 4. The molecular weight excluding hydrogens is 392 g/mol. The highest BCUT2D eigenvalue weighted by atomic mass is 16.5. The third-order valence-electron chi connectivity index (χ3n) is 6.16. The molecule has 0 saturated carbocycles. The first-order valence-corrected chi connectivity index (χ1v) is 12.1. The van der Waals surface area contributed by atoms with E-state index in [1.165, 1.54) is 12.8 Å². The predicted molar refractivity (Wildman–Crippen MR) is 122 cm³/mol. The molecule has 2 fully saturated rings. The summed E-state index contributed by atoms with van der Waals surface area (Å²) in [5.74, 6) is 1.67. The van der Waals surface area contributed by atoms with Gasteiger partial charge < -0.3 is 19.3 Å². The van der Waals surface area contributed by atoms with Crippen LogP contribution in [0.3, 0.4) is 0 Å². The van der Waals surface area contributed by atoms with E-state index in [0.717, 1.165) is 51.6 Å². The first-order valence-electron chi connectivity index (χ1n) is 12.1. The van der Waals surface area contributed by atoms with Crippen molar-refractivity contribution in [2.75, 3.05) is 39.4 Å². The van der Waals surface area contributed by atoms with E-state index in [-0.39, 0.29) is 11.8 Å². The minimum Gasteiger partial charge on any atom is -0.490 e. The Morgan fingerprint density at radius 2 is 1.45 bits per heavy atom.